The molecule has 1 aromatic heterocycles. The van der Waals surface area contributed by atoms with Crippen LogP contribution in [0, 0.1) is 5.82 Å². The maximum absolute atomic E-state index is 15.2. The second kappa shape index (κ2) is 7.55. The molecule has 0 saturated carbocycles. The highest BCUT2D eigenvalue weighted by molar-refractivity contribution is 6.29. The Bertz CT molecular complexity index is 1000. The second-order valence-electron chi connectivity index (χ2n) is 7.05. The largest absolute Gasteiger partial charge is 0.465 e. The Labute approximate surface area is 173 Å². The normalized spacial score (nSPS) is 19.2. The number of nitrogens with one attached hydrogen (secondary N) is 1. The van der Waals surface area contributed by atoms with Crippen LogP contribution >= 0.6 is 11.6 Å². The van der Waals surface area contributed by atoms with E-state index in [1.807, 2.05) is 0 Å². The molecule has 0 unspecified atom stereocenters. The van der Waals surface area contributed by atoms with Gasteiger partial charge in [-0.3, -0.25) is 4.90 Å². The minimum atomic E-state index is -4.80. The Balaban J connectivity index is 1.64. The van der Waals surface area contributed by atoms with Gasteiger partial charge < -0.3 is 15.3 Å². The summed E-state index contributed by atoms with van der Waals surface area (Å²) in [5, 5.41) is 11.4. The number of halogens is 5. The van der Waals surface area contributed by atoms with Crippen LogP contribution in [0.25, 0.3) is 0 Å². The molecule has 0 radical (unpaired) electrons. The average molecular weight is 446 g/mol. The molecule has 1 aromatic carbocycles. The molecule has 2 aliphatic heterocycles. The summed E-state index contributed by atoms with van der Waals surface area (Å²) in [7, 11) is 0. The van der Waals surface area contributed by atoms with Gasteiger partial charge in [-0.2, -0.15) is 13.2 Å². The zero-order chi connectivity index (χ0) is 21.6. The van der Waals surface area contributed by atoms with Crippen molar-refractivity contribution in [1.82, 2.24) is 19.8 Å². The topological polar surface area (TPSA) is 81.6 Å². The van der Waals surface area contributed by atoms with Crippen molar-refractivity contribution in [2.45, 2.75) is 18.6 Å². The highest BCUT2D eigenvalue weighted by Crippen LogP contribution is 2.37. The number of piperazine rings is 1. The van der Waals surface area contributed by atoms with Gasteiger partial charge >= 0.3 is 12.3 Å². The minimum Gasteiger partial charge on any atom is -0.465 e. The van der Waals surface area contributed by atoms with Crippen molar-refractivity contribution in [2.75, 3.05) is 31.5 Å². The third-order valence-electron chi connectivity index (χ3n) is 5.26. The molecular weight excluding hydrogens is 430 g/mol. The first-order valence-electron chi connectivity index (χ1n) is 9.05. The SMILES string of the molecule is O=C(O)N1CCN2CCc3c(ccc(Nc4cc(Cl)nc(C(F)(F)F)n4)c3F)[C@H]2C1. The molecule has 1 atom stereocenters. The van der Waals surface area contributed by atoms with Gasteiger partial charge in [0.25, 0.3) is 0 Å². The van der Waals surface area contributed by atoms with Crippen LogP contribution in [0.1, 0.15) is 23.0 Å². The Morgan fingerprint density at radius 2 is 2.00 bits per heavy atom. The van der Waals surface area contributed by atoms with E-state index in [1.165, 1.54) is 11.0 Å². The Kier molecular flexibility index (Phi) is 5.18. The number of hydrogen-bond donors (Lipinski definition) is 2. The lowest BCUT2D eigenvalue weighted by molar-refractivity contribution is -0.144. The Hall–Kier alpha value is -2.66. The quantitative estimate of drug-likeness (QED) is 0.538. The Morgan fingerprint density at radius 1 is 1.23 bits per heavy atom. The van der Waals surface area contributed by atoms with E-state index in [-0.39, 0.29) is 24.1 Å². The number of amides is 1. The molecule has 1 fully saturated rings. The average Bonchev–Trinajstić information content (AvgIpc) is 2.68. The molecule has 30 heavy (non-hydrogen) atoms. The van der Waals surface area contributed by atoms with Crippen LogP contribution in [0.3, 0.4) is 0 Å². The van der Waals surface area contributed by atoms with Crippen LogP contribution in [0.15, 0.2) is 18.2 Å². The summed E-state index contributed by atoms with van der Waals surface area (Å²) in [5.74, 6) is -2.32. The van der Waals surface area contributed by atoms with Crippen molar-refractivity contribution >= 4 is 29.2 Å². The van der Waals surface area contributed by atoms with Gasteiger partial charge in [0.15, 0.2) is 0 Å². The van der Waals surface area contributed by atoms with Gasteiger partial charge in [-0.1, -0.05) is 17.7 Å². The zero-order valence-corrected chi connectivity index (χ0v) is 16.1. The third kappa shape index (κ3) is 3.86. The summed E-state index contributed by atoms with van der Waals surface area (Å²) in [4.78, 5) is 21.2. The lowest BCUT2D eigenvalue weighted by Gasteiger charge is -2.44. The first kappa shape index (κ1) is 20.6. The first-order chi connectivity index (χ1) is 14.1. The maximum Gasteiger partial charge on any atom is 0.451 e. The Morgan fingerprint density at radius 3 is 2.70 bits per heavy atom. The van der Waals surface area contributed by atoms with Crippen molar-refractivity contribution in [1.29, 1.82) is 0 Å². The second-order valence-corrected chi connectivity index (χ2v) is 7.43. The molecule has 1 saturated heterocycles. The van der Waals surface area contributed by atoms with Crippen molar-refractivity contribution in [3.63, 3.8) is 0 Å². The fraction of sp³-hybridized carbons (Fsp3) is 0.389. The number of fused-ring (bicyclic) bond motifs is 3. The molecule has 0 aliphatic carbocycles. The van der Waals surface area contributed by atoms with Crippen LogP contribution in [-0.4, -0.2) is 57.1 Å². The van der Waals surface area contributed by atoms with Crippen LogP contribution in [0.2, 0.25) is 5.15 Å². The number of carboxylic acid groups (broad SMARTS) is 1. The number of carbonyl (C=O) groups is 1. The molecule has 1 amide bonds. The van der Waals surface area contributed by atoms with E-state index >= 15 is 4.39 Å². The van der Waals surface area contributed by atoms with Gasteiger partial charge in [0.2, 0.25) is 5.82 Å². The molecule has 0 bridgehead atoms. The number of rotatable bonds is 2. The van der Waals surface area contributed by atoms with Crippen LogP contribution in [-0.2, 0) is 12.6 Å². The van der Waals surface area contributed by atoms with E-state index in [1.54, 1.807) is 6.07 Å². The maximum atomic E-state index is 15.2. The summed E-state index contributed by atoms with van der Waals surface area (Å²) >= 11 is 5.65. The molecule has 12 heteroatoms. The summed E-state index contributed by atoms with van der Waals surface area (Å²) in [5.41, 5.74) is 1.03. The van der Waals surface area contributed by atoms with E-state index in [2.05, 4.69) is 20.2 Å². The molecule has 7 nitrogen and oxygen atoms in total. The van der Waals surface area contributed by atoms with Gasteiger partial charge in [-0.15, -0.1) is 0 Å². The lowest BCUT2D eigenvalue weighted by atomic mass is 9.90. The number of benzene rings is 1. The van der Waals surface area contributed by atoms with Crippen molar-refractivity contribution < 1.29 is 27.5 Å². The summed E-state index contributed by atoms with van der Waals surface area (Å²) in [6.45, 7) is 1.73. The standard InChI is InChI=1S/C18H16ClF4N5O2/c19-13-7-14(26-16(25-13)18(21,22)23)24-11-2-1-9-10(15(11)20)3-4-27-5-6-28(17(29)30)8-12(9)27/h1-2,7,12H,3-6,8H2,(H,29,30)(H,24,25,26)/t12-/m1/s1. The van der Waals surface area contributed by atoms with Crippen molar-refractivity contribution in [3.8, 4) is 0 Å². The number of nitrogens with zero attached hydrogens (tertiary/aromatic N) is 4. The van der Waals surface area contributed by atoms with E-state index in [4.69, 9.17) is 11.6 Å². The van der Waals surface area contributed by atoms with E-state index in [0.717, 1.165) is 6.07 Å². The molecule has 2 aliphatic rings. The highest BCUT2D eigenvalue weighted by Gasteiger charge is 2.37. The van der Waals surface area contributed by atoms with Gasteiger partial charge in [0.1, 0.15) is 16.8 Å². The number of alkyl halides is 3. The fourth-order valence-electron chi connectivity index (χ4n) is 3.86. The molecule has 160 valence electrons. The summed E-state index contributed by atoms with van der Waals surface area (Å²) < 4.78 is 53.9. The van der Waals surface area contributed by atoms with Gasteiger partial charge in [-0.25, -0.2) is 19.2 Å². The predicted octanol–water partition coefficient (Wildman–Crippen LogP) is 3.92. The summed E-state index contributed by atoms with van der Waals surface area (Å²) in [6.07, 6.45) is -5.42. The van der Waals surface area contributed by atoms with Crippen LogP contribution in [0.4, 0.5) is 33.9 Å². The monoisotopic (exact) mass is 445 g/mol. The van der Waals surface area contributed by atoms with Crippen molar-refractivity contribution in [3.05, 3.63) is 46.1 Å². The van der Waals surface area contributed by atoms with E-state index in [0.29, 0.717) is 37.2 Å². The molecule has 0 spiro atoms. The lowest BCUT2D eigenvalue weighted by Crippen LogP contribution is -2.52. The van der Waals surface area contributed by atoms with Crippen LogP contribution < -0.4 is 5.32 Å². The number of aromatic nitrogens is 2. The van der Waals surface area contributed by atoms with Crippen LogP contribution in [0.5, 0.6) is 0 Å². The first-order valence-corrected chi connectivity index (χ1v) is 9.43. The molecule has 3 heterocycles. The van der Waals surface area contributed by atoms with E-state index in [9.17, 15) is 23.1 Å². The smallest absolute Gasteiger partial charge is 0.451 e. The molecule has 2 aromatic rings. The van der Waals surface area contributed by atoms with Gasteiger partial charge in [-0.05, 0) is 23.6 Å². The third-order valence-corrected chi connectivity index (χ3v) is 5.45. The fourth-order valence-corrected chi connectivity index (χ4v) is 4.04. The zero-order valence-electron chi connectivity index (χ0n) is 15.4. The van der Waals surface area contributed by atoms with E-state index < -0.39 is 29.1 Å². The van der Waals surface area contributed by atoms with Crippen molar-refractivity contribution in [2.24, 2.45) is 0 Å². The van der Waals surface area contributed by atoms with Gasteiger partial charge in [0, 0.05) is 32.2 Å². The minimum absolute atomic E-state index is 0.0454. The molecule has 2 N–H and O–H groups in total. The molecular formula is C18H16ClF4N5O2. The number of anilines is 2. The number of hydrogen-bond acceptors (Lipinski definition) is 5. The van der Waals surface area contributed by atoms with Gasteiger partial charge in [0.05, 0.1) is 11.7 Å². The molecule has 4 rings (SSSR count). The summed E-state index contributed by atoms with van der Waals surface area (Å²) in [6, 6.07) is 3.87. The highest BCUT2D eigenvalue weighted by atomic mass is 35.5. The predicted molar refractivity (Wildman–Crippen MR) is 99.3 cm³/mol.